The Morgan fingerprint density at radius 3 is 2.80 bits per heavy atom. The van der Waals surface area contributed by atoms with Crippen LogP contribution in [0.15, 0.2) is 30.5 Å². The number of benzene rings is 1. The van der Waals surface area contributed by atoms with Gasteiger partial charge in [0.05, 0.1) is 13.3 Å². The molecule has 1 heterocycles. The smallest absolute Gasteiger partial charge is 0.257 e. The first-order valence-electron chi connectivity index (χ1n) is 6.30. The average molecular weight is 274 g/mol. The molecule has 2 aromatic rings. The van der Waals surface area contributed by atoms with Crippen LogP contribution in [0.25, 0.3) is 0 Å². The molecule has 1 aromatic carbocycles. The van der Waals surface area contributed by atoms with Gasteiger partial charge in [-0.05, 0) is 26.0 Å². The Morgan fingerprint density at radius 1 is 1.40 bits per heavy atom. The topological polar surface area (TPSA) is 82.2 Å². The summed E-state index contributed by atoms with van der Waals surface area (Å²) in [6.07, 6.45) is 1.65. The number of nitrogens with zero attached hydrogens (tertiary/aromatic N) is 2. The van der Waals surface area contributed by atoms with E-state index >= 15 is 0 Å². The maximum Gasteiger partial charge on any atom is 0.257 e. The number of nitrogens with two attached hydrogens (primary N) is 1. The lowest BCUT2D eigenvalue weighted by Crippen LogP contribution is -2.17. The fourth-order valence-corrected chi connectivity index (χ4v) is 1.88. The molecule has 106 valence electrons. The molecule has 0 saturated heterocycles. The van der Waals surface area contributed by atoms with Gasteiger partial charge in [-0.25, -0.2) is 4.68 Å². The summed E-state index contributed by atoms with van der Waals surface area (Å²) in [4.78, 5) is 12.2. The number of nitrogen functional groups attached to an aromatic ring is 1. The van der Waals surface area contributed by atoms with E-state index in [0.29, 0.717) is 22.8 Å². The van der Waals surface area contributed by atoms with Crippen molar-refractivity contribution in [2.45, 2.75) is 19.9 Å². The lowest BCUT2D eigenvalue weighted by Gasteiger charge is -2.12. The summed E-state index contributed by atoms with van der Waals surface area (Å²) in [5.74, 6) is 0.942. The van der Waals surface area contributed by atoms with E-state index in [0.717, 1.165) is 0 Å². The van der Waals surface area contributed by atoms with Crippen molar-refractivity contribution in [3.05, 3.63) is 36.0 Å². The SMILES string of the molecule is COc1cc(N)cc(C(=O)Nc2ccnn2C(C)C)c1. The molecular formula is C14H18N4O2. The van der Waals surface area contributed by atoms with Crippen molar-refractivity contribution in [2.75, 3.05) is 18.2 Å². The first-order valence-corrected chi connectivity index (χ1v) is 6.30. The summed E-state index contributed by atoms with van der Waals surface area (Å²) < 4.78 is 6.84. The van der Waals surface area contributed by atoms with Crippen molar-refractivity contribution in [1.29, 1.82) is 0 Å². The summed E-state index contributed by atoms with van der Waals surface area (Å²) >= 11 is 0. The highest BCUT2D eigenvalue weighted by Gasteiger charge is 2.12. The number of methoxy groups -OCH3 is 1. The van der Waals surface area contributed by atoms with Crippen LogP contribution < -0.4 is 15.8 Å². The highest BCUT2D eigenvalue weighted by Crippen LogP contribution is 2.20. The zero-order valence-electron chi connectivity index (χ0n) is 11.8. The summed E-state index contributed by atoms with van der Waals surface area (Å²) in [7, 11) is 1.53. The summed E-state index contributed by atoms with van der Waals surface area (Å²) in [5.41, 5.74) is 6.67. The molecule has 20 heavy (non-hydrogen) atoms. The molecule has 0 unspecified atom stereocenters. The number of aromatic nitrogens is 2. The zero-order chi connectivity index (χ0) is 14.7. The van der Waals surface area contributed by atoms with Crippen molar-refractivity contribution < 1.29 is 9.53 Å². The van der Waals surface area contributed by atoms with Crippen LogP contribution in [0.2, 0.25) is 0 Å². The fraction of sp³-hybridized carbons (Fsp3) is 0.286. The van der Waals surface area contributed by atoms with Gasteiger partial charge in [-0.1, -0.05) is 0 Å². The zero-order valence-corrected chi connectivity index (χ0v) is 11.8. The Morgan fingerprint density at radius 2 is 2.15 bits per heavy atom. The first kappa shape index (κ1) is 13.9. The Labute approximate surface area is 117 Å². The predicted octanol–water partition coefficient (Wildman–Crippen LogP) is 2.31. The average Bonchev–Trinajstić information content (AvgIpc) is 2.86. The molecular weight excluding hydrogens is 256 g/mol. The Kier molecular flexibility index (Phi) is 3.93. The largest absolute Gasteiger partial charge is 0.497 e. The molecule has 6 heteroatoms. The third-order valence-corrected chi connectivity index (χ3v) is 2.83. The molecule has 3 N–H and O–H groups in total. The third kappa shape index (κ3) is 2.90. The second-order valence-electron chi connectivity index (χ2n) is 4.70. The minimum Gasteiger partial charge on any atom is -0.497 e. The second-order valence-corrected chi connectivity index (χ2v) is 4.70. The predicted molar refractivity (Wildman–Crippen MR) is 78.0 cm³/mol. The lowest BCUT2D eigenvalue weighted by atomic mass is 10.1. The van der Waals surface area contributed by atoms with Gasteiger partial charge in [0.2, 0.25) is 0 Å². The molecule has 0 atom stereocenters. The molecule has 0 fully saturated rings. The number of hydrogen-bond donors (Lipinski definition) is 2. The standard InChI is InChI=1S/C14H18N4O2/c1-9(2)18-13(4-5-16-18)17-14(19)10-6-11(15)8-12(7-10)20-3/h4-9H,15H2,1-3H3,(H,17,19). The van der Waals surface area contributed by atoms with E-state index in [1.807, 2.05) is 13.8 Å². The fourth-order valence-electron chi connectivity index (χ4n) is 1.88. The van der Waals surface area contributed by atoms with E-state index in [9.17, 15) is 4.79 Å². The quantitative estimate of drug-likeness (QED) is 0.838. The van der Waals surface area contributed by atoms with E-state index in [1.54, 1.807) is 35.1 Å². The lowest BCUT2D eigenvalue weighted by molar-refractivity contribution is 0.102. The third-order valence-electron chi connectivity index (χ3n) is 2.83. The molecule has 2 rings (SSSR count). The Balaban J connectivity index is 2.24. The summed E-state index contributed by atoms with van der Waals surface area (Å²) in [6.45, 7) is 3.98. The summed E-state index contributed by atoms with van der Waals surface area (Å²) in [5, 5.41) is 6.98. The van der Waals surface area contributed by atoms with E-state index in [4.69, 9.17) is 10.5 Å². The minimum absolute atomic E-state index is 0.163. The Bertz CT molecular complexity index is 619. The molecule has 0 aliphatic rings. The molecule has 0 saturated carbocycles. The Hall–Kier alpha value is -2.50. The number of anilines is 2. The van der Waals surface area contributed by atoms with E-state index in [-0.39, 0.29) is 11.9 Å². The molecule has 0 aliphatic carbocycles. The monoisotopic (exact) mass is 274 g/mol. The van der Waals surface area contributed by atoms with Crippen LogP contribution in [0, 0.1) is 0 Å². The van der Waals surface area contributed by atoms with Crippen molar-refractivity contribution in [3.8, 4) is 5.75 Å². The van der Waals surface area contributed by atoms with Crippen LogP contribution in [0.4, 0.5) is 11.5 Å². The maximum atomic E-state index is 12.2. The van der Waals surface area contributed by atoms with E-state index in [1.165, 1.54) is 7.11 Å². The van der Waals surface area contributed by atoms with Crippen LogP contribution in [-0.4, -0.2) is 22.8 Å². The van der Waals surface area contributed by atoms with Crippen molar-refractivity contribution in [3.63, 3.8) is 0 Å². The number of hydrogen-bond acceptors (Lipinski definition) is 4. The highest BCUT2D eigenvalue weighted by molar-refractivity contribution is 6.04. The van der Waals surface area contributed by atoms with Gasteiger partial charge in [0, 0.05) is 29.4 Å². The van der Waals surface area contributed by atoms with Crippen LogP contribution >= 0.6 is 0 Å². The van der Waals surface area contributed by atoms with Crippen LogP contribution in [0.5, 0.6) is 5.75 Å². The highest BCUT2D eigenvalue weighted by atomic mass is 16.5. The van der Waals surface area contributed by atoms with Gasteiger partial charge in [0.1, 0.15) is 11.6 Å². The number of carbonyl (C=O) groups excluding carboxylic acids is 1. The number of nitrogens with one attached hydrogen (secondary N) is 1. The van der Waals surface area contributed by atoms with Gasteiger partial charge < -0.3 is 15.8 Å². The van der Waals surface area contributed by atoms with Crippen LogP contribution in [0.1, 0.15) is 30.2 Å². The van der Waals surface area contributed by atoms with Crippen LogP contribution in [-0.2, 0) is 0 Å². The second kappa shape index (κ2) is 5.64. The van der Waals surface area contributed by atoms with Crippen molar-refractivity contribution >= 4 is 17.4 Å². The molecule has 1 amide bonds. The number of rotatable bonds is 4. The molecule has 0 aliphatic heterocycles. The molecule has 0 bridgehead atoms. The molecule has 6 nitrogen and oxygen atoms in total. The first-order chi connectivity index (χ1) is 9.51. The van der Waals surface area contributed by atoms with Crippen molar-refractivity contribution in [1.82, 2.24) is 9.78 Å². The van der Waals surface area contributed by atoms with Crippen molar-refractivity contribution in [2.24, 2.45) is 0 Å². The summed E-state index contributed by atoms with van der Waals surface area (Å²) in [6, 6.07) is 6.82. The van der Waals surface area contributed by atoms with Gasteiger partial charge in [-0.3, -0.25) is 4.79 Å². The molecule has 0 spiro atoms. The number of ether oxygens (including phenoxy) is 1. The minimum atomic E-state index is -0.252. The number of carbonyl (C=O) groups is 1. The molecule has 0 radical (unpaired) electrons. The van der Waals surface area contributed by atoms with Gasteiger partial charge in [-0.15, -0.1) is 0 Å². The van der Waals surface area contributed by atoms with Gasteiger partial charge in [-0.2, -0.15) is 5.10 Å². The molecule has 1 aromatic heterocycles. The maximum absolute atomic E-state index is 12.2. The van der Waals surface area contributed by atoms with E-state index in [2.05, 4.69) is 10.4 Å². The van der Waals surface area contributed by atoms with Gasteiger partial charge in [0.15, 0.2) is 0 Å². The van der Waals surface area contributed by atoms with Gasteiger partial charge >= 0.3 is 0 Å². The van der Waals surface area contributed by atoms with Gasteiger partial charge in [0.25, 0.3) is 5.91 Å². The van der Waals surface area contributed by atoms with E-state index < -0.39 is 0 Å². The van der Waals surface area contributed by atoms with Crippen LogP contribution in [0.3, 0.4) is 0 Å². The normalized spacial score (nSPS) is 10.6. The number of amides is 1.